The van der Waals surface area contributed by atoms with Gasteiger partial charge < -0.3 is 5.11 Å². The zero-order chi connectivity index (χ0) is 15.7. The molecule has 0 heterocycles. The number of hydrogen-bond donors (Lipinski definition) is 1. The molecule has 0 radical (unpaired) electrons. The first kappa shape index (κ1) is 15.2. The second-order valence-corrected chi connectivity index (χ2v) is 9.81. The van der Waals surface area contributed by atoms with E-state index in [-0.39, 0.29) is 11.5 Å². The molecule has 0 bridgehead atoms. The third kappa shape index (κ3) is 1.87. The van der Waals surface area contributed by atoms with E-state index in [0.717, 1.165) is 23.7 Å². The van der Waals surface area contributed by atoms with Crippen molar-refractivity contribution in [2.24, 2.45) is 40.4 Å². The summed E-state index contributed by atoms with van der Waals surface area (Å²) in [6, 6.07) is 0. The number of fused-ring (bicyclic) bond motifs is 5. The third-order valence-electron chi connectivity index (χ3n) is 8.63. The van der Waals surface area contributed by atoms with Crippen LogP contribution in [0.4, 0.5) is 0 Å². The molecule has 4 rings (SSSR count). The second kappa shape index (κ2) is 4.85. The van der Waals surface area contributed by atoms with Crippen LogP contribution in [-0.2, 0) is 0 Å². The van der Waals surface area contributed by atoms with Gasteiger partial charge in [0.15, 0.2) is 0 Å². The maximum atomic E-state index is 10.8. The van der Waals surface area contributed by atoms with E-state index in [1.54, 1.807) is 5.57 Å². The van der Waals surface area contributed by atoms with E-state index >= 15 is 0 Å². The Balaban J connectivity index is 1.68. The van der Waals surface area contributed by atoms with Crippen LogP contribution >= 0.6 is 0 Å². The molecule has 22 heavy (non-hydrogen) atoms. The molecule has 1 heteroatoms. The van der Waals surface area contributed by atoms with Crippen molar-refractivity contribution in [1.29, 1.82) is 0 Å². The van der Waals surface area contributed by atoms with Crippen molar-refractivity contribution in [3.8, 4) is 0 Å². The first-order valence-corrected chi connectivity index (χ1v) is 9.74. The lowest BCUT2D eigenvalue weighted by atomic mass is 9.47. The van der Waals surface area contributed by atoms with Crippen molar-refractivity contribution in [2.45, 2.75) is 78.7 Å². The molecule has 0 aromatic carbocycles. The highest BCUT2D eigenvalue weighted by Crippen LogP contribution is 2.65. The van der Waals surface area contributed by atoms with E-state index in [2.05, 4.69) is 33.8 Å². The smallest absolute Gasteiger partial charge is 0.0622 e. The van der Waals surface area contributed by atoms with Crippen LogP contribution in [0.1, 0.15) is 72.6 Å². The Bertz CT molecular complexity index is 494. The molecule has 1 nitrogen and oxygen atoms in total. The Kier molecular flexibility index (Phi) is 3.36. The number of allylic oxidation sites excluding steroid dienone is 2. The summed E-state index contributed by atoms with van der Waals surface area (Å²) >= 11 is 0. The van der Waals surface area contributed by atoms with Gasteiger partial charge in [0.25, 0.3) is 0 Å². The second-order valence-electron chi connectivity index (χ2n) is 9.81. The Labute approximate surface area is 136 Å². The molecule has 0 unspecified atom stereocenters. The monoisotopic (exact) mass is 302 g/mol. The summed E-state index contributed by atoms with van der Waals surface area (Å²) in [5, 5.41) is 10.8. The van der Waals surface area contributed by atoms with Crippen LogP contribution in [0.2, 0.25) is 0 Å². The molecular formula is C21H34O. The molecule has 4 aliphatic rings. The molecule has 0 aliphatic heterocycles. The lowest BCUT2D eigenvalue weighted by Gasteiger charge is -2.57. The summed E-state index contributed by atoms with van der Waals surface area (Å²) in [4.78, 5) is 0. The van der Waals surface area contributed by atoms with Crippen molar-refractivity contribution in [2.75, 3.05) is 0 Å². The number of aliphatic hydroxyl groups is 1. The Morgan fingerprint density at radius 1 is 1.09 bits per heavy atom. The van der Waals surface area contributed by atoms with Gasteiger partial charge in [0, 0.05) is 0 Å². The summed E-state index contributed by atoms with van der Waals surface area (Å²) in [6.45, 7) is 9.68. The van der Waals surface area contributed by atoms with Gasteiger partial charge in [-0.1, -0.05) is 39.3 Å². The Hall–Kier alpha value is -0.300. The predicted octanol–water partition coefficient (Wildman–Crippen LogP) is 5.19. The van der Waals surface area contributed by atoms with Gasteiger partial charge in [0.2, 0.25) is 0 Å². The fourth-order valence-electron chi connectivity index (χ4n) is 7.18. The summed E-state index contributed by atoms with van der Waals surface area (Å²) in [6.07, 6.45) is 11.9. The van der Waals surface area contributed by atoms with Crippen LogP contribution in [0.3, 0.4) is 0 Å². The summed E-state index contributed by atoms with van der Waals surface area (Å²) in [7, 11) is 0. The fraction of sp³-hybridized carbons (Fsp3) is 0.905. The molecule has 0 spiro atoms. The average Bonchev–Trinajstić information content (AvgIpc) is 2.72. The first-order chi connectivity index (χ1) is 10.4. The van der Waals surface area contributed by atoms with Gasteiger partial charge in [0.1, 0.15) is 0 Å². The van der Waals surface area contributed by atoms with Gasteiger partial charge in [-0.05, 0) is 85.4 Å². The molecule has 0 aromatic rings. The standard InChI is InChI=1S/C21H34O/c1-13-7-9-20(3)15(11-13)5-6-16-17(20)8-10-21(4)18(16)12-14(2)19(21)22/h5,13-14,16-19,22H,6-12H2,1-4H3/t13-,14-,16+,17-,18-,19-,20-,21-/m0/s1. The highest BCUT2D eigenvalue weighted by Gasteiger charge is 2.59. The molecule has 8 atom stereocenters. The molecule has 0 aromatic heterocycles. The maximum absolute atomic E-state index is 10.8. The zero-order valence-electron chi connectivity index (χ0n) is 14.9. The quantitative estimate of drug-likeness (QED) is 0.610. The Morgan fingerprint density at radius 3 is 2.64 bits per heavy atom. The molecule has 1 N–H and O–H groups in total. The topological polar surface area (TPSA) is 20.2 Å². The van der Waals surface area contributed by atoms with E-state index in [1.807, 2.05) is 0 Å². The summed E-state index contributed by atoms with van der Waals surface area (Å²) < 4.78 is 0. The average molecular weight is 303 g/mol. The SMILES string of the molecule is C[C@H]1CC[C@@]2(C)C(=CC[C@H]3[C@@H]4C[C@H](C)[C@H](O)[C@@]4(C)CC[C@@H]32)C1. The largest absolute Gasteiger partial charge is 0.392 e. The van der Waals surface area contributed by atoms with Crippen molar-refractivity contribution in [3.63, 3.8) is 0 Å². The molecule has 124 valence electrons. The van der Waals surface area contributed by atoms with Crippen LogP contribution in [-0.4, -0.2) is 11.2 Å². The van der Waals surface area contributed by atoms with E-state index < -0.39 is 0 Å². The zero-order valence-corrected chi connectivity index (χ0v) is 14.9. The van der Waals surface area contributed by atoms with Crippen LogP contribution in [0, 0.1) is 40.4 Å². The van der Waals surface area contributed by atoms with Crippen molar-refractivity contribution in [1.82, 2.24) is 0 Å². The van der Waals surface area contributed by atoms with Gasteiger partial charge in [-0.25, -0.2) is 0 Å². The van der Waals surface area contributed by atoms with Gasteiger partial charge in [-0.15, -0.1) is 0 Å². The predicted molar refractivity (Wildman–Crippen MR) is 91.4 cm³/mol. The Morgan fingerprint density at radius 2 is 1.86 bits per heavy atom. The van der Waals surface area contributed by atoms with Gasteiger partial charge in [-0.2, -0.15) is 0 Å². The van der Waals surface area contributed by atoms with Gasteiger partial charge in [0.05, 0.1) is 6.10 Å². The van der Waals surface area contributed by atoms with Crippen molar-refractivity contribution in [3.05, 3.63) is 11.6 Å². The number of aliphatic hydroxyl groups excluding tert-OH is 1. The molecule has 3 fully saturated rings. The van der Waals surface area contributed by atoms with E-state index in [1.165, 1.54) is 44.9 Å². The highest BCUT2D eigenvalue weighted by atomic mass is 16.3. The van der Waals surface area contributed by atoms with Gasteiger partial charge in [-0.3, -0.25) is 0 Å². The number of rotatable bonds is 0. The van der Waals surface area contributed by atoms with Crippen LogP contribution < -0.4 is 0 Å². The van der Waals surface area contributed by atoms with Crippen LogP contribution in [0.5, 0.6) is 0 Å². The summed E-state index contributed by atoms with van der Waals surface area (Å²) in [5.41, 5.74) is 2.47. The van der Waals surface area contributed by atoms with Gasteiger partial charge >= 0.3 is 0 Å². The van der Waals surface area contributed by atoms with Crippen molar-refractivity contribution < 1.29 is 5.11 Å². The van der Waals surface area contributed by atoms with Crippen LogP contribution in [0.15, 0.2) is 11.6 Å². The molecule has 0 saturated heterocycles. The third-order valence-corrected chi connectivity index (χ3v) is 8.63. The van der Waals surface area contributed by atoms with E-state index in [0.29, 0.717) is 11.3 Å². The molecule has 4 aliphatic carbocycles. The minimum atomic E-state index is -0.0667. The molecule has 0 amide bonds. The highest BCUT2D eigenvalue weighted by molar-refractivity contribution is 5.25. The van der Waals surface area contributed by atoms with Crippen LogP contribution in [0.25, 0.3) is 0 Å². The van der Waals surface area contributed by atoms with Crippen molar-refractivity contribution >= 4 is 0 Å². The normalized spacial score (nSPS) is 57.6. The molecule has 3 saturated carbocycles. The lowest BCUT2D eigenvalue weighted by molar-refractivity contribution is -0.0713. The lowest BCUT2D eigenvalue weighted by Crippen LogP contribution is -2.50. The minimum absolute atomic E-state index is 0.0667. The number of hydrogen-bond acceptors (Lipinski definition) is 1. The van der Waals surface area contributed by atoms with E-state index in [9.17, 15) is 5.11 Å². The maximum Gasteiger partial charge on any atom is 0.0622 e. The molecular weight excluding hydrogens is 268 g/mol. The summed E-state index contributed by atoms with van der Waals surface area (Å²) in [5.74, 6) is 3.86. The fourth-order valence-corrected chi connectivity index (χ4v) is 7.18. The minimum Gasteiger partial charge on any atom is -0.392 e. The van der Waals surface area contributed by atoms with E-state index in [4.69, 9.17) is 0 Å². The first-order valence-electron chi connectivity index (χ1n) is 9.74.